The number of halogens is 2. The molecule has 2 aliphatic rings. The van der Waals surface area contributed by atoms with Crippen molar-refractivity contribution in [2.45, 2.75) is 39.2 Å². The molecule has 2 aromatic rings. The number of hydrogen-bond donors (Lipinski definition) is 1. The monoisotopic (exact) mass is 599 g/mol. The third-order valence-corrected chi connectivity index (χ3v) is 7.75. The fourth-order valence-electron chi connectivity index (χ4n) is 5.64. The van der Waals surface area contributed by atoms with Gasteiger partial charge in [-0.2, -0.15) is 8.78 Å². The van der Waals surface area contributed by atoms with Gasteiger partial charge >= 0.3 is 18.6 Å². The van der Waals surface area contributed by atoms with Gasteiger partial charge in [-0.1, -0.05) is 44.2 Å². The molecule has 1 saturated heterocycles. The van der Waals surface area contributed by atoms with Crippen molar-refractivity contribution >= 4 is 17.6 Å². The van der Waals surface area contributed by atoms with E-state index >= 15 is 0 Å². The molecule has 0 aliphatic carbocycles. The first-order valence-corrected chi connectivity index (χ1v) is 14.4. The molecule has 1 N–H and O–H groups in total. The van der Waals surface area contributed by atoms with Gasteiger partial charge in [0.25, 0.3) is 0 Å². The van der Waals surface area contributed by atoms with E-state index in [1.165, 1.54) is 13.2 Å². The number of para-hydroxylation sites is 3. The summed E-state index contributed by atoms with van der Waals surface area (Å²) in [6.07, 6.45) is 0.840. The number of anilines is 1. The van der Waals surface area contributed by atoms with Crippen LogP contribution < -0.4 is 19.7 Å². The fraction of sp³-hybridized carbons (Fsp3) is 0.438. The number of rotatable bonds is 12. The number of dihydropyridines is 1. The molecule has 2 aromatic carbocycles. The molecule has 2 aliphatic heterocycles. The Bertz CT molecular complexity index is 1350. The number of ether oxygens (including phenoxy) is 4. The van der Waals surface area contributed by atoms with Crippen molar-refractivity contribution in [2.24, 2.45) is 0 Å². The van der Waals surface area contributed by atoms with Crippen molar-refractivity contribution in [2.75, 3.05) is 58.5 Å². The summed E-state index contributed by atoms with van der Waals surface area (Å²) in [6.45, 7) is 4.40. The van der Waals surface area contributed by atoms with Crippen LogP contribution in [0.15, 0.2) is 71.1 Å². The van der Waals surface area contributed by atoms with Crippen molar-refractivity contribution in [3.05, 3.63) is 76.6 Å². The molecule has 0 bridgehead atoms. The van der Waals surface area contributed by atoms with E-state index in [4.69, 9.17) is 18.9 Å². The standard InChI is InChI=1S/C32H39F2N3O6/c1-5-22-28(30(38)41-4)27(21-11-7-9-13-25(21)43-32(33)34)29(23(6-2)35-22)31(39)42-20-19-36-15-17-37(18-16-36)24-12-8-10-14-26(24)40-3/h7-14,27,32,35H,5-6,15-20H2,1-4H3. The van der Waals surface area contributed by atoms with Gasteiger partial charge in [-0.3, -0.25) is 4.90 Å². The van der Waals surface area contributed by atoms with Crippen molar-refractivity contribution in [1.29, 1.82) is 0 Å². The minimum Gasteiger partial charge on any atom is -0.495 e. The number of alkyl halides is 2. The molecular formula is C32H39F2N3O6. The Hall–Kier alpha value is -4.12. The summed E-state index contributed by atoms with van der Waals surface area (Å²) in [5, 5.41) is 3.22. The van der Waals surface area contributed by atoms with Crippen molar-refractivity contribution in [3.8, 4) is 11.5 Å². The lowest BCUT2D eigenvalue weighted by Crippen LogP contribution is -2.47. The molecule has 4 rings (SSSR count). The largest absolute Gasteiger partial charge is 0.495 e. The van der Waals surface area contributed by atoms with E-state index in [-0.39, 0.29) is 29.1 Å². The summed E-state index contributed by atoms with van der Waals surface area (Å²) in [6, 6.07) is 14.1. The number of piperazine rings is 1. The van der Waals surface area contributed by atoms with Crippen LogP contribution in [0.3, 0.4) is 0 Å². The van der Waals surface area contributed by atoms with Crippen LogP contribution in [-0.4, -0.2) is 77.0 Å². The van der Waals surface area contributed by atoms with Gasteiger partial charge in [0.05, 0.1) is 37.0 Å². The first-order valence-electron chi connectivity index (χ1n) is 14.4. The molecule has 9 nitrogen and oxygen atoms in total. The van der Waals surface area contributed by atoms with Gasteiger partial charge in [-0.15, -0.1) is 0 Å². The summed E-state index contributed by atoms with van der Waals surface area (Å²) < 4.78 is 48.0. The van der Waals surface area contributed by atoms with Crippen molar-refractivity contribution in [1.82, 2.24) is 10.2 Å². The normalized spacial score (nSPS) is 17.6. The van der Waals surface area contributed by atoms with Gasteiger partial charge in [0.15, 0.2) is 0 Å². The second-order valence-electron chi connectivity index (χ2n) is 10.1. The Morgan fingerprint density at radius 3 is 2.09 bits per heavy atom. The molecule has 1 unspecified atom stereocenters. The number of esters is 2. The number of benzene rings is 2. The van der Waals surface area contributed by atoms with Crippen LogP contribution in [0.1, 0.15) is 38.2 Å². The van der Waals surface area contributed by atoms with Gasteiger partial charge in [0, 0.05) is 49.7 Å². The SMILES string of the molecule is CCC1=C(C(=O)OC)C(c2ccccc2OC(F)F)C(C(=O)OCCN2CCN(c3ccccc3OC)CC2)=C(CC)N1. The first-order chi connectivity index (χ1) is 20.8. The van der Waals surface area contributed by atoms with Crippen LogP contribution >= 0.6 is 0 Å². The van der Waals surface area contributed by atoms with E-state index in [1.807, 2.05) is 38.1 Å². The van der Waals surface area contributed by atoms with Crippen LogP contribution in [-0.2, 0) is 19.1 Å². The highest BCUT2D eigenvalue weighted by atomic mass is 19.3. The zero-order valence-corrected chi connectivity index (χ0v) is 25.0. The second-order valence-corrected chi connectivity index (χ2v) is 10.1. The quantitative estimate of drug-likeness (QED) is 0.344. The molecule has 43 heavy (non-hydrogen) atoms. The maximum atomic E-state index is 13.8. The summed E-state index contributed by atoms with van der Waals surface area (Å²) >= 11 is 0. The number of hydrogen-bond acceptors (Lipinski definition) is 9. The van der Waals surface area contributed by atoms with Crippen LogP contribution in [0.2, 0.25) is 0 Å². The first kappa shape index (κ1) is 31.8. The molecule has 0 spiro atoms. The van der Waals surface area contributed by atoms with Gasteiger partial charge in [0.2, 0.25) is 0 Å². The summed E-state index contributed by atoms with van der Waals surface area (Å²) in [4.78, 5) is 31.3. The third-order valence-electron chi connectivity index (χ3n) is 7.75. The predicted octanol–water partition coefficient (Wildman–Crippen LogP) is 4.85. The van der Waals surface area contributed by atoms with Gasteiger partial charge in [-0.05, 0) is 31.0 Å². The molecule has 2 heterocycles. The number of methoxy groups -OCH3 is 2. The second kappa shape index (κ2) is 14.9. The Labute approximate surface area is 251 Å². The van der Waals surface area contributed by atoms with E-state index < -0.39 is 24.5 Å². The van der Waals surface area contributed by atoms with Crippen LogP contribution in [0.25, 0.3) is 0 Å². The minimum atomic E-state index is -3.09. The van der Waals surface area contributed by atoms with E-state index in [0.717, 1.165) is 37.6 Å². The molecule has 1 fully saturated rings. The lowest BCUT2D eigenvalue weighted by atomic mass is 9.79. The van der Waals surface area contributed by atoms with E-state index in [0.29, 0.717) is 30.8 Å². The van der Waals surface area contributed by atoms with Crippen molar-refractivity contribution in [3.63, 3.8) is 0 Å². The predicted molar refractivity (Wildman–Crippen MR) is 158 cm³/mol. The lowest BCUT2D eigenvalue weighted by molar-refractivity contribution is -0.140. The summed E-state index contributed by atoms with van der Waals surface area (Å²) in [5.41, 5.74) is 2.73. The molecule has 11 heteroatoms. The van der Waals surface area contributed by atoms with Gasteiger partial charge in [-0.25, -0.2) is 9.59 Å². The molecule has 0 aromatic heterocycles. The Kier molecular flexibility index (Phi) is 11.0. The molecule has 0 saturated carbocycles. The third kappa shape index (κ3) is 7.27. The number of carbonyl (C=O) groups is 2. The Morgan fingerprint density at radius 1 is 0.884 bits per heavy atom. The van der Waals surface area contributed by atoms with Crippen LogP contribution in [0, 0.1) is 0 Å². The maximum Gasteiger partial charge on any atom is 0.387 e. The highest BCUT2D eigenvalue weighted by molar-refractivity contribution is 6.00. The van der Waals surface area contributed by atoms with E-state index in [1.54, 1.807) is 25.3 Å². The smallest absolute Gasteiger partial charge is 0.387 e. The summed E-state index contributed by atoms with van der Waals surface area (Å²) in [7, 11) is 2.90. The topological polar surface area (TPSA) is 89.6 Å². The zero-order valence-electron chi connectivity index (χ0n) is 25.0. The average Bonchev–Trinajstić information content (AvgIpc) is 3.03. The molecular weight excluding hydrogens is 560 g/mol. The van der Waals surface area contributed by atoms with E-state index in [9.17, 15) is 18.4 Å². The van der Waals surface area contributed by atoms with Gasteiger partial charge < -0.3 is 29.2 Å². The fourth-order valence-corrected chi connectivity index (χ4v) is 5.64. The maximum absolute atomic E-state index is 13.8. The number of nitrogens with zero attached hydrogens (tertiary/aromatic N) is 2. The van der Waals surface area contributed by atoms with E-state index in [2.05, 4.69) is 15.1 Å². The molecule has 0 amide bonds. The summed E-state index contributed by atoms with van der Waals surface area (Å²) in [5.74, 6) is -1.63. The number of carbonyl (C=O) groups excluding carboxylic acids is 2. The van der Waals surface area contributed by atoms with Gasteiger partial charge in [0.1, 0.15) is 18.1 Å². The molecule has 1 atom stereocenters. The van der Waals surface area contributed by atoms with Crippen molar-refractivity contribution < 1.29 is 37.3 Å². The molecule has 0 radical (unpaired) electrons. The zero-order chi connectivity index (χ0) is 30.9. The van der Waals surface area contributed by atoms with Crippen LogP contribution in [0.4, 0.5) is 14.5 Å². The molecule has 232 valence electrons. The number of nitrogens with one attached hydrogen (secondary N) is 1. The highest BCUT2D eigenvalue weighted by Gasteiger charge is 2.40. The van der Waals surface area contributed by atoms with Crippen LogP contribution in [0.5, 0.6) is 11.5 Å². The minimum absolute atomic E-state index is 0.119. The highest BCUT2D eigenvalue weighted by Crippen LogP contribution is 2.44. The Morgan fingerprint density at radius 2 is 1.49 bits per heavy atom. The number of allylic oxidation sites excluding steroid dienone is 2. The average molecular weight is 600 g/mol. The Balaban J connectivity index is 1.53. The lowest BCUT2D eigenvalue weighted by Gasteiger charge is -2.36.